The highest BCUT2D eigenvalue weighted by atomic mass is 16.5. The predicted molar refractivity (Wildman–Crippen MR) is 69.1 cm³/mol. The summed E-state index contributed by atoms with van der Waals surface area (Å²) in [5.41, 5.74) is 6.37. The molecular formula is C13H19NO4. The minimum Gasteiger partial charge on any atom is -0.497 e. The number of carbonyl (C=O) groups is 1. The average molecular weight is 253 g/mol. The molecule has 0 saturated carbocycles. The average Bonchev–Trinajstić information content (AvgIpc) is 2.39. The minimum absolute atomic E-state index is 0.264. The van der Waals surface area contributed by atoms with Crippen LogP contribution in [0.2, 0.25) is 0 Å². The molecule has 1 aromatic rings. The lowest BCUT2D eigenvalue weighted by molar-refractivity contribution is 0.0500. The van der Waals surface area contributed by atoms with Crippen molar-refractivity contribution >= 4 is 11.7 Å². The number of rotatable bonds is 6. The van der Waals surface area contributed by atoms with Gasteiger partial charge >= 0.3 is 5.97 Å². The normalized spacial score (nSPS) is 9.94. The van der Waals surface area contributed by atoms with Gasteiger partial charge in [0, 0.05) is 6.07 Å². The first-order valence-corrected chi connectivity index (χ1v) is 5.82. The number of ether oxygens (including phenoxy) is 3. The maximum atomic E-state index is 11.9. The van der Waals surface area contributed by atoms with Crippen molar-refractivity contribution in [2.45, 2.75) is 19.8 Å². The van der Waals surface area contributed by atoms with Gasteiger partial charge in [-0.3, -0.25) is 0 Å². The van der Waals surface area contributed by atoms with E-state index in [0.717, 1.165) is 12.8 Å². The SMILES string of the molecule is CCCCOC(=O)c1cc(OC)cc(OC)c1N. The van der Waals surface area contributed by atoms with E-state index in [-0.39, 0.29) is 11.3 Å². The van der Waals surface area contributed by atoms with Crippen LogP contribution < -0.4 is 15.2 Å². The standard InChI is InChI=1S/C13H19NO4/c1-4-5-6-18-13(15)10-7-9(16-2)8-11(17-3)12(10)14/h7-8H,4-6,14H2,1-3H3. The Morgan fingerprint density at radius 1 is 1.28 bits per heavy atom. The van der Waals surface area contributed by atoms with Gasteiger partial charge in [0.05, 0.1) is 32.1 Å². The molecule has 0 aliphatic carbocycles. The smallest absolute Gasteiger partial charge is 0.340 e. The van der Waals surface area contributed by atoms with Crippen LogP contribution >= 0.6 is 0 Å². The van der Waals surface area contributed by atoms with Crippen LogP contribution in [0, 0.1) is 0 Å². The van der Waals surface area contributed by atoms with Crippen LogP contribution in [-0.2, 0) is 4.74 Å². The number of anilines is 1. The molecule has 100 valence electrons. The molecule has 0 atom stereocenters. The molecule has 1 aromatic carbocycles. The molecular weight excluding hydrogens is 234 g/mol. The molecule has 2 N–H and O–H groups in total. The fourth-order valence-electron chi connectivity index (χ4n) is 1.44. The Balaban J connectivity index is 2.95. The van der Waals surface area contributed by atoms with E-state index in [9.17, 15) is 4.79 Å². The molecule has 0 fully saturated rings. The molecule has 5 heteroatoms. The van der Waals surface area contributed by atoms with E-state index >= 15 is 0 Å². The molecule has 0 unspecified atom stereocenters. The maximum Gasteiger partial charge on any atom is 0.340 e. The fraction of sp³-hybridized carbons (Fsp3) is 0.462. The van der Waals surface area contributed by atoms with Gasteiger partial charge in [-0.2, -0.15) is 0 Å². The third-order valence-corrected chi connectivity index (χ3v) is 2.52. The highest BCUT2D eigenvalue weighted by Crippen LogP contribution is 2.31. The Hall–Kier alpha value is -1.91. The van der Waals surface area contributed by atoms with Crippen molar-refractivity contribution in [3.05, 3.63) is 17.7 Å². The first-order valence-electron chi connectivity index (χ1n) is 5.82. The summed E-state index contributed by atoms with van der Waals surface area (Å²) in [6.07, 6.45) is 1.79. The number of carbonyl (C=O) groups excluding carboxylic acids is 1. The van der Waals surface area contributed by atoms with E-state index in [1.807, 2.05) is 6.92 Å². The lowest BCUT2D eigenvalue weighted by Gasteiger charge is -2.12. The fourth-order valence-corrected chi connectivity index (χ4v) is 1.44. The number of unbranched alkanes of at least 4 members (excludes halogenated alkanes) is 1. The van der Waals surface area contributed by atoms with Crippen molar-refractivity contribution in [3.8, 4) is 11.5 Å². The van der Waals surface area contributed by atoms with E-state index in [0.29, 0.717) is 18.1 Å². The third kappa shape index (κ3) is 3.29. The van der Waals surface area contributed by atoms with Gasteiger partial charge in [-0.05, 0) is 12.5 Å². The van der Waals surface area contributed by atoms with Crippen LogP contribution in [0.4, 0.5) is 5.69 Å². The monoisotopic (exact) mass is 253 g/mol. The van der Waals surface area contributed by atoms with Gasteiger partial charge < -0.3 is 19.9 Å². The zero-order valence-electron chi connectivity index (χ0n) is 11.0. The molecule has 0 heterocycles. The van der Waals surface area contributed by atoms with Crippen molar-refractivity contribution in [3.63, 3.8) is 0 Å². The number of nitrogen functional groups attached to an aromatic ring is 1. The number of hydrogen-bond acceptors (Lipinski definition) is 5. The van der Waals surface area contributed by atoms with Gasteiger partial charge in [0.25, 0.3) is 0 Å². The zero-order chi connectivity index (χ0) is 13.5. The summed E-state index contributed by atoms with van der Waals surface area (Å²) < 4.78 is 15.3. The lowest BCUT2D eigenvalue weighted by atomic mass is 10.1. The van der Waals surface area contributed by atoms with Crippen LogP contribution in [0.3, 0.4) is 0 Å². The van der Waals surface area contributed by atoms with E-state index < -0.39 is 5.97 Å². The highest BCUT2D eigenvalue weighted by molar-refractivity contribution is 5.97. The Kier molecular flexibility index (Phi) is 5.30. The number of hydrogen-bond donors (Lipinski definition) is 1. The highest BCUT2D eigenvalue weighted by Gasteiger charge is 2.17. The summed E-state index contributed by atoms with van der Waals surface area (Å²) in [7, 11) is 2.99. The van der Waals surface area contributed by atoms with Crippen molar-refractivity contribution in [1.29, 1.82) is 0 Å². The molecule has 0 aliphatic rings. The van der Waals surface area contributed by atoms with Gasteiger partial charge in [-0.15, -0.1) is 0 Å². The van der Waals surface area contributed by atoms with Gasteiger partial charge in [-0.1, -0.05) is 13.3 Å². The van der Waals surface area contributed by atoms with E-state index in [1.165, 1.54) is 14.2 Å². The van der Waals surface area contributed by atoms with Crippen molar-refractivity contribution in [2.75, 3.05) is 26.6 Å². The molecule has 0 spiro atoms. The maximum absolute atomic E-state index is 11.9. The Morgan fingerprint density at radius 3 is 2.56 bits per heavy atom. The van der Waals surface area contributed by atoms with Gasteiger partial charge in [0.2, 0.25) is 0 Å². The summed E-state index contributed by atoms with van der Waals surface area (Å²) in [4.78, 5) is 11.9. The topological polar surface area (TPSA) is 70.8 Å². The number of methoxy groups -OCH3 is 2. The summed E-state index contributed by atoms with van der Waals surface area (Å²) >= 11 is 0. The predicted octanol–water partition coefficient (Wildman–Crippen LogP) is 2.24. The number of benzene rings is 1. The van der Waals surface area contributed by atoms with Gasteiger partial charge in [0.1, 0.15) is 11.5 Å². The molecule has 0 aliphatic heterocycles. The Morgan fingerprint density at radius 2 is 2.00 bits per heavy atom. The lowest BCUT2D eigenvalue weighted by Crippen LogP contribution is -2.10. The first kappa shape index (κ1) is 14.2. The molecule has 0 radical (unpaired) electrons. The quantitative estimate of drug-likeness (QED) is 0.478. The molecule has 0 amide bonds. The largest absolute Gasteiger partial charge is 0.497 e. The van der Waals surface area contributed by atoms with Crippen LogP contribution in [0.5, 0.6) is 11.5 Å². The van der Waals surface area contributed by atoms with Crippen LogP contribution in [-0.4, -0.2) is 26.8 Å². The van der Waals surface area contributed by atoms with E-state index in [2.05, 4.69) is 0 Å². The molecule has 0 saturated heterocycles. The second-order valence-corrected chi connectivity index (χ2v) is 3.78. The summed E-state index contributed by atoms with van der Waals surface area (Å²) in [5, 5.41) is 0. The molecule has 18 heavy (non-hydrogen) atoms. The van der Waals surface area contributed by atoms with Crippen LogP contribution in [0.1, 0.15) is 30.1 Å². The summed E-state index contributed by atoms with van der Waals surface area (Å²) in [6.45, 7) is 2.41. The van der Waals surface area contributed by atoms with Crippen LogP contribution in [0.25, 0.3) is 0 Å². The molecule has 5 nitrogen and oxygen atoms in total. The second kappa shape index (κ2) is 6.74. The number of nitrogens with two attached hydrogens (primary N) is 1. The molecule has 1 rings (SSSR count). The molecule has 0 aromatic heterocycles. The summed E-state index contributed by atoms with van der Waals surface area (Å²) in [5.74, 6) is 0.443. The second-order valence-electron chi connectivity index (χ2n) is 3.78. The number of esters is 1. The van der Waals surface area contributed by atoms with Crippen LogP contribution in [0.15, 0.2) is 12.1 Å². The van der Waals surface area contributed by atoms with Crippen molar-refractivity contribution in [1.82, 2.24) is 0 Å². The minimum atomic E-state index is -0.460. The Bertz CT molecular complexity index is 418. The van der Waals surface area contributed by atoms with E-state index in [1.54, 1.807) is 12.1 Å². The van der Waals surface area contributed by atoms with E-state index in [4.69, 9.17) is 19.9 Å². The third-order valence-electron chi connectivity index (χ3n) is 2.52. The van der Waals surface area contributed by atoms with Crippen molar-refractivity contribution < 1.29 is 19.0 Å². The molecule has 0 bridgehead atoms. The van der Waals surface area contributed by atoms with Gasteiger partial charge in [0.15, 0.2) is 0 Å². The zero-order valence-corrected chi connectivity index (χ0v) is 11.0. The first-order chi connectivity index (χ1) is 8.63. The van der Waals surface area contributed by atoms with Crippen molar-refractivity contribution in [2.24, 2.45) is 0 Å². The Labute approximate surface area is 107 Å². The summed E-state index contributed by atoms with van der Waals surface area (Å²) in [6, 6.07) is 3.17. The van der Waals surface area contributed by atoms with Gasteiger partial charge in [-0.25, -0.2) is 4.79 Å².